The fourth-order valence-corrected chi connectivity index (χ4v) is 4.08. The number of carbonyl (C=O) groups excluding carboxylic acids is 1. The number of aromatic nitrogens is 2. The molecule has 194 valence electrons. The van der Waals surface area contributed by atoms with E-state index in [0.717, 1.165) is 17.7 Å². The van der Waals surface area contributed by atoms with E-state index in [1.165, 1.54) is 24.9 Å². The van der Waals surface area contributed by atoms with Crippen LogP contribution in [0.1, 0.15) is 16.8 Å². The quantitative estimate of drug-likeness (QED) is 0.435. The summed E-state index contributed by atoms with van der Waals surface area (Å²) in [5.41, 5.74) is 2.52. The number of fused-ring (bicyclic) bond motifs is 1. The van der Waals surface area contributed by atoms with Gasteiger partial charge in [-0.05, 0) is 30.7 Å². The minimum atomic E-state index is -4.69. The summed E-state index contributed by atoms with van der Waals surface area (Å²) in [7, 11) is -2.41. The molecule has 1 atom stereocenters. The molecule has 0 unspecified atom stereocenters. The second-order valence-electron chi connectivity index (χ2n) is 8.27. The molecule has 0 spiro atoms. The summed E-state index contributed by atoms with van der Waals surface area (Å²) in [6.07, 6.45) is -2.25. The van der Waals surface area contributed by atoms with Crippen LogP contribution in [0, 0.1) is 12.7 Å². The zero-order valence-corrected chi connectivity index (χ0v) is 20.3. The first-order chi connectivity index (χ1) is 16.8. The van der Waals surface area contributed by atoms with Crippen molar-refractivity contribution in [3.8, 4) is 5.75 Å². The summed E-state index contributed by atoms with van der Waals surface area (Å²) in [4.78, 5) is 20.6. The van der Waals surface area contributed by atoms with Crippen LogP contribution in [0.3, 0.4) is 0 Å². The Bertz CT molecular complexity index is 1400. The van der Waals surface area contributed by atoms with Crippen molar-refractivity contribution in [3.05, 3.63) is 59.3 Å². The standard InChI is InChI=1S/C23H23F5N4O3S/c1-13-6-16(32-36(2,3)34)9-18-21(13)17(30-12-31-18)7-14-4-5-15(25)8-19(14)35-20(10-24)22(33)29-11-23(26,27)28/h4-6,8-9,12,20H,7,10-11H2,1-3H3,(H,29,33)/t20-/m1/s1. The summed E-state index contributed by atoms with van der Waals surface area (Å²) < 4.78 is 86.2. The van der Waals surface area contributed by atoms with Gasteiger partial charge in [0.1, 0.15) is 31.1 Å². The number of halogens is 5. The van der Waals surface area contributed by atoms with Crippen molar-refractivity contribution in [1.82, 2.24) is 15.3 Å². The number of amides is 1. The zero-order chi connectivity index (χ0) is 26.7. The molecular formula is C23H23F5N4O3S. The van der Waals surface area contributed by atoms with Crippen LogP contribution >= 0.6 is 0 Å². The van der Waals surface area contributed by atoms with Crippen LogP contribution in [0.15, 0.2) is 41.0 Å². The molecule has 0 fully saturated rings. The molecule has 0 bridgehead atoms. The van der Waals surface area contributed by atoms with Crippen molar-refractivity contribution in [1.29, 1.82) is 0 Å². The Morgan fingerprint density at radius 1 is 1.19 bits per heavy atom. The Kier molecular flexibility index (Phi) is 8.12. The van der Waals surface area contributed by atoms with Gasteiger partial charge in [0, 0.05) is 45.7 Å². The van der Waals surface area contributed by atoms with E-state index in [1.54, 1.807) is 24.4 Å². The van der Waals surface area contributed by atoms with E-state index in [0.29, 0.717) is 27.8 Å². The maximum Gasteiger partial charge on any atom is 0.405 e. The maximum atomic E-state index is 14.0. The zero-order valence-electron chi connectivity index (χ0n) is 19.5. The summed E-state index contributed by atoms with van der Waals surface area (Å²) in [5, 5.41) is 2.21. The molecule has 2 aromatic carbocycles. The van der Waals surface area contributed by atoms with Gasteiger partial charge in [-0.3, -0.25) is 4.79 Å². The van der Waals surface area contributed by atoms with Crippen LogP contribution in [0.4, 0.5) is 27.6 Å². The van der Waals surface area contributed by atoms with Crippen LogP contribution in [-0.2, 0) is 20.9 Å². The molecule has 1 heterocycles. The summed E-state index contributed by atoms with van der Waals surface area (Å²) in [6.45, 7) is -1.31. The summed E-state index contributed by atoms with van der Waals surface area (Å²) >= 11 is 0. The number of hydrogen-bond acceptors (Lipinski definition) is 6. The van der Waals surface area contributed by atoms with E-state index in [-0.39, 0.29) is 12.2 Å². The predicted octanol–water partition coefficient (Wildman–Crippen LogP) is 4.42. The predicted molar refractivity (Wildman–Crippen MR) is 125 cm³/mol. The third-order valence-electron chi connectivity index (χ3n) is 4.88. The number of ether oxygens (including phenoxy) is 1. The van der Waals surface area contributed by atoms with Gasteiger partial charge in [0.25, 0.3) is 5.91 Å². The van der Waals surface area contributed by atoms with Gasteiger partial charge in [-0.2, -0.15) is 17.5 Å². The number of nitrogens with zero attached hydrogens (tertiary/aromatic N) is 3. The lowest BCUT2D eigenvalue weighted by atomic mass is 10.0. The first-order valence-electron chi connectivity index (χ1n) is 10.5. The molecule has 0 aliphatic carbocycles. The fraction of sp³-hybridized carbons (Fsp3) is 0.348. The molecule has 1 amide bonds. The molecule has 36 heavy (non-hydrogen) atoms. The van der Waals surface area contributed by atoms with Crippen molar-refractivity contribution in [2.75, 3.05) is 25.7 Å². The molecular weight excluding hydrogens is 507 g/mol. The molecule has 0 saturated carbocycles. The van der Waals surface area contributed by atoms with Crippen molar-refractivity contribution >= 4 is 32.2 Å². The van der Waals surface area contributed by atoms with Gasteiger partial charge in [-0.25, -0.2) is 23.0 Å². The molecule has 13 heteroatoms. The third kappa shape index (κ3) is 7.33. The molecule has 1 N–H and O–H groups in total. The maximum absolute atomic E-state index is 14.0. The number of benzene rings is 2. The minimum Gasteiger partial charge on any atom is -0.477 e. The molecule has 7 nitrogen and oxygen atoms in total. The largest absolute Gasteiger partial charge is 0.477 e. The van der Waals surface area contributed by atoms with E-state index in [2.05, 4.69) is 14.3 Å². The Balaban J connectivity index is 1.95. The molecule has 3 aromatic rings. The monoisotopic (exact) mass is 530 g/mol. The normalized spacial score (nSPS) is 12.9. The van der Waals surface area contributed by atoms with Gasteiger partial charge < -0.3 is 10.1 Å². The number of aryl methyl sites for hydroxylation is 1. The summed E-state index contributed by atoms with van der Waals surface area (Å²) in [6, 6.07) is 6.76. The second-order valence-corrected chi connectivity index (χ2v) is 10.8. The summed E-state index contributed by atoms with van der Waals surface area (Å²) in [5.74, 6) is -2.29. The lowest BCUT2D eigenvalue weighted by Crippen LogP contribution is -2.43. The Hall–Kier alpha value is -3.35. The van der Waals surface area contributed by atoms with Gasteiger partial charge in [-0.15, -0.1) is 0 Å². The highest BCUT2D eigenvalue weighted by molar-refractivity contribution is 7.92. The van der Waals surface area contributed by atoms with Crippen molar-refractivity contribution in [3.63, 3.8) is 0 Å². The highest BCUT2D eigenvalue weighted by atomic mass is 32.2. The number of alkyl halides is 4. The van der Waals surface area contributed by atoms with E-state index < -0.39 is 47.0 Å². The lowest BCUT2D eigenvalue weighted by molar-refractivity contribution is -0.143. The van der Waals surface area contributed by atoms with Crippen LogP contribution in [-0.4, -0.2) is 58.1 Å². The van der Waals surface area contributed by atoms with Crippen LogP contribution in [0.25, 0.3) is 10.9 Å². The number of hydrogen-bond donors (Lipinski definition) is 1. The van der Waals surface area contributed by atoms with Crippen LogP contribution in [0.5, 0.6) is 5.75 Å². The molecule has 3 rings (SSSR count). The average Bonchev–Trinajstić information content (AvgIpc) is 2.75. The third-order valence-corrected chi connectivity index (χ3v) is 5.53. The Morgan fingerprint density at radius 2 is 1.92 bits per heavy atom. The average molecular weight is 531 g/mol. The number of rotatable bonds is 8. The topological polar surface area (TPSA) is 93.5 Å². The molecule has 0 radical (unpaired) electrons. The molecule has 0 aliphatic rings. The lowest BCUT2D eigenvalue weighted by Gasteiger charge is -2.19. The van der Waals surface area contributed by atoms with E-state index in [4.69, 9.17) is 4.74 Å². The highest BCUT2D eigenvalue weighted by Gasteiger charge is 2.30. The van der Waals surface area contributed by atoms with Crippen molar-refractivity contribution in [2.24, 2.45) is 4.36 Å². The van der Waals surface area contributed by atoms with Crippen LogP contribution in [0.2, 0.25) is 0 Å². The molecule has 0 saturated heterocycles. The van der Waals surface area contributed by atoms with Crippen molar-refractivity contribution < 1.29 is 35.7 Å². The van der Waals surface area contributed by atoms with E-state index in [1.807, 2.05) is 0 Å². The highest BCUT2D eigenvalue weighted by Crippen LogP contribution is 2.30. The van der Waals surface area contributed by atoms with Gasteiger partial charge in [0.15, 0.2) is 0 Å². The first-order valence-corrected chi connectivity index (χ1v) is 12.9. The first kappa shape index (κ1) is 27.2. The minimum absolute atomic E-state index is 0.0490. The van der Waals surface area contributed by atoms with Gasteiger partial charge in [-0.1, -0.05) is 6.07 Å². The SMILES string of the molecule is Cc1cc(N=S(C)(C)=O)cc2ncnc(Cc3ccc(F)cc3O[C@H](CF)C(=O)NCC(F)(F)F)c12. The van der Waals surface area contributed by atoms with E-state index in [9.17, 15) is 31.0 Å². The second kappa shape index (κ2) is 10.7. The molecule has 1 aromatic heterocycles. The molecule has 0 aliphatic heterocycles. The van der Waals surface area contributed by atoms with Gasteiger partial charge in [0.2, 0.25) is 6.10 Å². The van der Waals surface area contributed by atoms with Gasteiger partial charge >= 0.3 is 6.18 Å². The Morgan fingerprint density at radius 3 is 2.56 bits per heavy atom. The number of nitrogens with one attached hydrogen (secondary N) is 1. The smallest absolute Gasteiger partial charge is 0.405 e. The Labute approximate surface area is 204 Å². The van der Waals surface area contributed by atoms with Gasteiger partial charge in [0.05, 0.1) is 16.9 Å². The van der Waals surface area contributed by atoms with Crippen LogP contribution < -0.4 is 10.1 Å². The fourth-order valence-electron chi connectivity index (χ4n) is 3.47. The van der Waals surface area contributed by atoms with Crippen molar-refractivity contribution in [2.45, 2.75) is 25.6 Å². The van der Waals surface area contributed by atoms with E-state index >= 15 is 0 Å². The number of carbonyl (C=O) groups is 1.